The second-order valence-electron chi connectivity index (χ2n) is 7.37. The Labute approximate surface area is 186 Å². The summed E-state index contributed by atoms with van der Waals surface area (Å²) >= 11 is 0. The van der Waals surface area contributed by atoms with Gasteiger partial charge in [0.25, 0.3) is 0 Å². The molecular formula is C20H27F2IN6. The standard InChI is InChI=1S/C20H26F2N6.HI/c1-23-20(24-11-15-13-27-9-3-2-7-18(27)25-15)26-14-8-10-28(12-14)19-16(21)5-4-6-17(19)22;/h4-6,13-14H,2-3,7-12H2,1H3,(H2,23,24,26);1H. The minimum absolute atomic E-state index is 0. The summed E-state index contributed by atoms with van der Waals surface area (Å²) in [5.41, 5.74) is 1.06. The molecule has 2 aromatic rings. The van der Waals surface area contributed by atoms with Gasteiger partial charge < -0.3 is 20.1 Å². The predicted molar refractivity (Wildman–Crippen MR) is 121 cm³/mol. The van der Waals surface area contributed by atoms with Crippen molar-refractivity contribution in [3.05, 3.63) is 47.5 Å². The zero-order valence-corrected chi connectivity index (χ0v) is 18.8. The number of anilines is 1. The third-order valence-corrected chi connectivity index (χ3v) is 5.40. The summed E-state index contributed by atoms with van der Waals surface area (Å²) in [5, 5.41) is 6.65. The number of benzene rings is 1. The molecule has 0 aliphatic carbocycles. The van der Waals surface area contributed by atoms with Crippen molar-refractivity contribution < 1.29 is 8.78 Å². The van der Waals surface area contributed by atoms with Crippen LogP contribution >= 0.6 is 24.0 Å². The summed E-state index contributed by atoms with van der Waals surface area (Å²) in [4.78, 5) is 10.7. The number of nitrogens with zero attached hydrogens (tertiary/aromatic N) is 4. The highest BCUT2D eigenvalue weighted by atomic mass is 127. The second kappa shape index (κ2) is 9.73. The maximum absolute atomic E-state index is 14.0. The first-order chi connectivity index (χ1) is 13.6. The number of para-hydroxylation sites is 1. The molecule has 1 atom stereocenters. The number of hydrogen-bond acceptors (Lipinski definition) is 3. The lowest BCUT2D eigenvalue weighted by molar-refractivity contribution is 0.522. The molecular weight excluding hydrogens is 489 g/mol. The highest BCUT2D eigenvalue weighted by Crippen LogP contribution is 2.26. The number of aryl methyl sites for hydroxylation is 2. The highest BCUT2D eigenvalue weighted by Gasteiger charge is 2.27. The van der Waals surface area contributed by atoms with E-state index in [9.17, 15) is 8.78 Å². The molecule has 1 aromatic heterocycles. The molecule has 158 valence electrons. The average molecular weight is 516 g/mol. The summed E-state index contributed by atoms with van der Waals surface area (Å²) in [6.45, 7) is 2.76. The topological polar surface area (TPSA) is 57.5 Å². The summed E-state index contributed by atoms with van der Waals surface area (Å²) in [6, 6.07) is 4.05. The molecule has 3 heterocycles. The minimum atomic E-state index is -0.521. The molecule has 2 N–H and O–H groups in total. The molecule has 1 saturated heterocycles. The number of guanidine groups is 1. The van der Waals surface area contributed by atoms with Gasteiger partial charge in [0.1, 0.15) is 23.1 Å². The van der Waals surface area contributed by atoms with E-state index in [1.54, 1.807) is 11.9 Å². The van der Waals surface area contributed by atoms with Gasteiger partial charge in [-0.05, 0) is 31.4 Å². The SMILES string of the molecule is CN=C(NCc1cn2c(n1)CCCC2)NC1CCN(c2c(F)cccc2F)C1.I. The van der Waals surface area contributed by atoms with Gasteiger partial charge in [-0.1, -0.05) is 6.07 Å². The quantitative estimate of drug-likeness (QED) is 0.373. The highest BCUT2D eigenvalue weighted by molar-refractivity contribution is 14.0. The second-order valence-corrected chi connectivity index (χ2v) is 7.37. The van der Waals surface area contributed by atoms with Gasteiger partial charge >= 0.3 is 0 Å². The maximum Gasteiger partial charge on any atom is 0.191 e. The van der Waals surface area contributed by atoms with Crippen molar-refractivity contribution in [2.24, 2.45) is 4.99 Å². The number of aromatic nitrogens is 2. The first-order valence-electron chi connectivity index (χ1n) is 9.85. The van der Waals surface area contributed by atoms with Crippen LogP contribution in [0.4, 0.5) is 14.5 Å². The molecule has 1 fully saturated rings. The van der Waals surface area contributed by atoms with Crippen LogP contribution in [0.1, 0.15) is 30.8 Å². The van der Waals surface area contributed by atoms with Crippen LogP contribution < -0.4 is 15.5 Å². The van der Waals surface area contributed by atoms with Gasteiger partial charge in [0.15, 0.2) is 5.96 Å². The summed E-state index contributed by atoms with van der Waals surface area (Å²) in [5.74, 6) is 0.787. The smallest absolute Gasteiger partial charge is 0.191 e. The molecule has 4 rings (SSSR count). The van der Waals surface area contributed by atoms with Crippen LogP contribution in [0.5, 0.6) is 0 Å². The number of rotatable bonds is 4. The first-order valence-corrected chi connectivity index (χ1v) is 9.85. The van der Waals surface area contributed by atoms with E-state index in [1.165, 1.54) is 31.0 Å². The third-order valence-electron chi connectivity index (χ3n) is 5.40. The van der Waals surface area contributed by atoms with E-state index >= 15 is 0 Å². The molecule has 1 unspecified atom stereocenters. The Bertz CT molecular complexity index is 825. The van der Waals surface area contributed by atoms with Crippen molar-refractivity contribution in [3.8, 4) is 0 Å². The van der Waals surface area contributed by atoms with Crippen LogP contribution in [0.2, 0.25) is 0 Å². The summed E-state index contributed by atoms with van der Waals surface area (Å²) in [6.07, 6.45) is 6.34. The van der Waals surface area contributed by atoms with Gasteiger partial charge in [0.05, 0.1) is 12.2 Å². The van der Waals surface area contributed by atoms with Crippen molar-refractivity contribution in [1.29, 1.82) is 0 Å². The number of imidazole rings is 1. The number of hydrogen-bond donors (Lipinski definition) is 2. The molecule has 29 heavy (non-hydrogen) atoms. The van der Waals surface area contributed by atoms with Crippen LogP contribution in [0.25, 0.3) is 0 Å². The molecule has 0 spiro atoms. The van der Waals surface area contributed by atoms with Crippen LogP contribution in [-0.2, 0) is 19.5 Å². The van der Waals surface area contributed by atoms with E-state index in [1.807, 2.05) is 0 Å². The lowest BCUT2D eigenvalue weighted by Crippen LogP contribution is -2.44. The predicted octanol–water partition coefficient (Wildman–Crippen LogP) is 3.06. The van der Waals surface area contributed by atoms with Gasteiger partial charge in [-0.25, -0.2) is 13.8 Å². The lowest BCUT2D eigenvalue weighted by atomic mass is 10.2. The van der Waals surface area contributed by atoms with Crippen LogP contribution in [0.15, 0.2) is 29.4 Å². The molecule has 1 aromatic carbocycles. The molecule has 6 nitrogen and oxygen atoms in total. The normalized spacial score (nSPS) is 18.9. The van der Waals surface area contributed by atoms with Crippen molar-refractivity contribution in [2.75, 3.05) is 25.0 Å². The van der Waals surface area contributed by atoms with E-state index in [0.717, 1.165) is 30.9 Å². The summed E-state index contributed by atoms with van der Waals surface area (Å²) < 4.78 is 30.3. The lowest BCUT2D eigenvalue weighted by Gasteiger charge is -2.21. The monoisotopic (exact) mass is 516 g/mol. The van der Waals surface area contributed by atoms with E-state index in [0.29, 0.717) is 25.6 Å². The zero-order valence-electron chi connectivity index (χ0n) is 16.5. The van der Waals surface area contributed by atoms with Gasteiger partial charge in [-0.15, -0.1) is 24.0 Å². The van der Waals surface area contributed by atoms with Gasteiger partial charge in [-0.2, -0.15) is 0 Å². The Morgan fingerprint density at radius 3 is 2.76 bits per heavy atom. The van der Waals surface area contributed by atoms with E-state index in [4.69, 9.17) is 0 Å². The van der Waals surface area contributed by atoms with Gasteiger partial charge in [0.2, 0.25) is 0 Å². The van der Waals surface area contributed by atoms with Crippen LogP contribution in [0, 0.1) is 11.6 Å². The van der Waals surface area contributed by atoms with Gasteiger partial charge in [0, 0.05) is 45.3 Å². The number of fused-ring (bicyclic) bond motifs is 1. The van der Waals surface area contributed by atoms with Crippen LogP contribution in [0.3, 0.4) is 0 Å². The Morgan fingerprint density at radius 2 is 2.03 bits per heavy atom. The Balaban J connectivity index is 0.00000240. The average Bonchev–Trinajstić information content (AvgIpc) is 3.31. The van der Waals surface area contributed by atoms with Crippen molar-refractivity contribution in [2.45, 2.75) is 44.8 Å². The fraction of sp³-hybridized carbons (Fsp3) is 0.500. The zero-order chi connectivity index (χ0) is 19.5. The number of aliphatic imine (C=N–C) groups is 1. The number of nitrogens with one attached hydrogen (secondary N) is 2. The summed E-state index contributed by atoms with van der Waals surface area (Å²) in [7, 11) is 1.72. The van der Waals surface area contributed by atoms with E-state index in [-0.39, 0.29) is 35.7 Å². The minimum Gasteiger partial charge on any atom is -0.365 e. The molecule has 0 radical (unpaired) electrons. The molecule has 9 heteroatoms. The maximum atomic E-state index is 14.0. The Kier molecular flexibility index (Phi) is 7.31. The Morgan fingerprint density at radius 1 is 1.24 bits per heavy atom. The molecule has 0 saturated carbocycles. The molecule has 2 aliphatic heterocycles. The van der Waals surface area contributed by atoms with Gasteiger partial charge in [-0.3, -0.25) is 4.99 Å². The first kappa shape index (κ1) is 21.8. The number of halogens is 3. The molecule has 0 bridgehead atoms. The van der Waals surface area contributed by atoms with Crippen molar-refractivity contribution in [3.63, 3.8) is 0 Å². The fourth-order valence-corrected chi connectivity index (χ4v) is 3.99. The molecule has 2 aliphatic rings. The fourth-order valence-electron chi connectivity index (χ4n) is 3.99. The third kappa shape index (κ3) is 4.99. The van der Waals surface area contributed by atoms with E-state index < -0.39 is 11.6 Å². The Hall–Kier alpha value is -1.91. The van der Waals surface area contributed by atoms with E-state index in [2.05, 4.69) is 31.4 Å². The van der Waals surface area contributed by atoms with Crippen LogP contribution in [-0.4, -0.2) is 41.7 Å². The van der Waals surface area contributed by atoms with Crippen molar-refractivity contribution in [1.82, 2.24) is 20.2 Å². The largest absolute Gasteiger partial charge is 0.365 e. The molecule has 0 amide bonds. The van der Waals surface area contributed by atoms with Crippen molar-refractivity contribution >= 4 is 35.6 Å².